The average Bonchev–Trinajstić information content (AvgIpc) is 2.42. The maximum absolute atomic E-state index is 10.7. The topological polar surface area (TPSA) is 73.6 Å². The van der Waals surface area contributed by atoms with Crippen LogP contribution in [0.25, 0.3) is 0 Å². The van der Waals surface area contributed by atoms with Crippen LogP contribution in [0.4, 0.5) is 11.4 Å². The van der Waals surface area contributed by atoms with Gasteiger partial charge in [0, 0.05) is 38.1 Å². The van der Waals surface area contributed by atoms with E-state index in [0.717, 1.165) is 38.1 Å². The van der Waals surface area contributed by atoms with E-state index in [1.165, 1.54) is 13.2 Å². The highest BCUT2D eigenvalue weighted by atomic mass is 16.6. The van der Waals surface area contributed by atoms with Crippen molar-refractivity contribution in [1.82, 2.24) is 0 Å². The Hall–Kier alpha value is -1.82. The summed E-state index contributed by atoms with van der Waals surface area (Å²) in [7, 11) is 3.12. The smallest absolute Gasteiger partial charge is 0.311 e. The quantitative estimate of drug-likeness (QED) is 0.423. The molecule has 0 bridgehead atoms. The van der Waals surface area contributed by atoms with E-state index in [-0.39, 0.29) is 11.4 Å². The van der Waals surface area contributed by atoms with Gasteiger partial charge in [0.05, 0.1) is 12.0 Å². The summed E-state index contributed by atoms with van der Waals surface area (Å²) in [5, 5.41) is 14.0. The molecule has 0 spiro atoms. The van der Waals surface area contributed by atoms with Crippen LogP contribution in [0, 0.1) is 10.1 Å². The van der Waals surface area contributed by atoms with E-state index in [0.29, 0.717) is 0 Å². The summed E-state index contributed by atoms with van der Waals surface area (Å²) in [6.07, 6.45) is 3.16. The zero-order valence-electron chi connectivity index (χ0n) is 11.3. The molecule has 0 saturated heterocycles. The zero-order valence-corrected chi connectivity index (χ0v) is 11.3. The third kappa shape index (κ3) is 5.13. The van der Waals surface area contributed by atoms with Gasteiger partial charge in [0.15, 0.2) is 5.75 Å². The summed E-state index contributed by atoms with van der Waals surface area (Å²) < 4.78 is 9.98. The highest BCUT2D eigenvalue weighted by Crippen LogP contribution is 2.29. The molecule has 0 aliphatic rings. The van der Waals surface area contributed by atoms with Gasteiger partial charge in [-0.3, -0.25) is 10.1 Å². The van der Waals surface area contributed by atoms with Gasteiger partial charge < -0.3 is 14.8 Å². The van der Waals surface area contributed by atoms with E-state index in [2.05, 4.69) is 5.32 Å². The summed E-state index contributed by atoms with van der Waals surface area (Å²) in [6, 6.07) is 4.79. The number of anilines is 1. The fourth-order valence-electron chi connectivity index (χ4n) is 1.72. The predicted molar refractivity (Wildman–Crippen MR) is 73.9 cm³/mol. The number of nitrogens with one attached hydrogen (secondary N) is 1. The third-order valence-corrected chi connectivity index (χ3v) is 2.73. The van der Waals surface area contributed by atoms with Gasteiger partial charge in [0.1, 0.15) is 0 Å². The van der Waals surface area contributed by atoms with Crippen molar-refractivity contribution < 1.29 is 14.4 Å². The number of hydrogen-bond donors (Lipinski definition) is 1. The van der Waals surface area contributed by atoms with Crippen LogP contribution in [0.15, 0.2) is 18.2 Å². The molecule has 1 aromatic carbocycles. The highest BCUT2D eigenvalue weighted by Gasteiger charge is 2.14. The third-order valence-electron chi connectivity index (χ3n) is 2.73. The Kier molecular flexibility index (Phi) is 6.67. The summed E-state index contributed by atoms with van der Waals surface area (Å²) >= 11 is 0. The number of methoxy groups -OCH3 is 2. The van der Waals surface area contributed by atoms with Crippen LogP contribution in [0.2, 0.25) is 0 Å². The van der Waals surface area contributed by atoms with Crippen LogP contribution in [-0.4, -0.2) is 32.3 Å². The van der Waals surface area contributed by atoms with Gasteiger partial charge in [-0.15, -0.1) is 0 Å². The van der Waals surface area contributed by atoms with Gasteiger partial charge in [-0.2, -0.15) is 0 Å². The molecule has 0 fully saturated rings. The maximum atomic E-state index is 10.7. The minimum Gasteiger partial charge on any atom is -0.490 e. The molecule has 0 atom stereocenters. The number of rotatable bonds is 9. The van der Waals surface area contributed by atoms with Crippen molar-refractivity contribution in [2.75, 3.05) is 32.7 Å². The van der Waals surface area contributed by atoms with E-state index in [1.807, 2.05) is 0 Å². The molecular weight excluding hydrogens is 248 g/mol. The second-order valence-electron chi connectivity index (χ2n) is 4.12. The monoisotopic (exact) mass is 268 g/mol. The first-order valence-electron chi connectivity index (χ1n) is 6.24. The Morgan fingerprint density at radius 3 is 2.68 bits per heavy atom. The van der Waals surface area contributed by atoms with Crippen molar-refractivity contribution >= 4 is 11.4 Å². The SMILES string of the molecule is COCCCCCNc1ccc([N+](=O)[O-])c(OC)c1. The van der Waals surface area contributed by atoms with Crippen LogP contribution in [0.1, 0.15) is 19.3 Å². The summed E-state index contributed by atoms with van der Waals surface area (Å²) in [6.45, 7) is 1.61. The molecule has 0 aromatic heterocycles. The molecule has 1 N–H and O–H groups in total. The second-order valence-corrected chi connectivity index (χ2v) is 4.12. The lowest BCUT2D eigenvalue weighted by Gasteiger charge is -2.08. The Morgan fingerprint density at radius 2 is 2.05 bits per heavy atom. The minimum atomic E-state index is -0.451. The normalized spacial score (nSPS) is 10.2. The largest absolute Gasteiger partial charge is 0.490 e. The Bertz CT molecular complexity index is 410. The van der Waals surface area contributed by atoms with Crippen molar-refractivity contribution in [3.05, 3.63) is 28.3 Å². The first-order valence-corrected chi connectivity index (χ1v) is 6.24. The second kappa shape index (κ2) is 8.31. The summed E-state index contributed by atoms with van der Waals surface area (Å²) in [4.78, 5) is 10.3. The molecule has 6 heteroatoms. The molecule has 0 aliphatic heterocycles. The molecular formula is C13H20N2O4. The van der Waals surface area contributed by atoms with Crippen LogP contribution >= 0.6 is 0 Å². The van der Waals surface area contributed by atoms with E-state index in [1.54, 1.807) is 19.2 Å². The van der Waals surface area contributed by atoms with Gasteiger partial charge in [0.25, 0.3) is 0 Å². The molecule has 0 radical (unpaired) electrons. The van der Waals surface area contributed by atoms with Crippen molar-refractivity contribution in [1.29, 1.82) is 0 Å². The van der Waals surface area contributed by atoms with Gasteiger partial charge in [-0.25, -0.2) is 0 Å². The molecule has 1 rings (SSSR count). The van der Waals surface area contributed by atoms with Crippen LogP contribution in [0.5, 0.6) is 5.75 Å². The van der Waals surface area contributed by atoms with Crippen LogP contribution in [0.3, 0.4) is 0 Å². The lowest BCUT2D eigenvalue weighted by atomic mass is 10.2. The Balaban J connectivity index is 2.44. The molecule has 6 nitrogen and oxygen atoms in total. The Labute approximate surface area is 112 Å². The molecule has 0 unspecified atom stereocenters. The molecule has 0 saturated carbocycles. The maximum Gasteiger partial charge on any atom is 0.311 e. The van der Waals surface area contributed by atoms with E-state index in [4.69, 9.17) is 9.47 Å². The predicted octanol–water partition coefficient (Wildman–Crippen LogP) is 2.83. The highest BCUT2D eigenvalue weighted by molar-refractivity contribution is 5.57. The number of hydrogen-bond acceptors (Lipinski definition) is 5. The van der Waals surface area contributed by atoms with Crippen LogP contribution in [-0.2, 0) is 4.74 Å². The molecule has 0 amide bonds. The minimum absolute atomic E-state index is 0.0202. The number of nitro groups is 1. The fraction of sp³-hybridized carbons (Fsp3) is 0.538. The first-order chi connectivity index (χ1) is 9.19. The molecule has 19 heavy (non-hydrogen) atoms. The van der Waals surface area contributed by atoms with Crippen molar-refractivity contribution in [2.24, 2.45) is 0 Å². The average molecular weight is 268 g/mol. The number of benzene rings is 1. The van der Waals surface area contributed by atoms with Crippen LogP contribution < -0.4 is 10.1 Å². The molecule has 0 heterocycles. The Morgan fingerprint density at radius 1 is 1.26 bits per heavy atom. The van der Waals surface area contributed by atoms with Gasteiger partial charge in [-0.1, -0.05) is 0 Å². The summed E-state index contributed by atoms with van der Waals surface area (Å²) in [5.74, 6) is 0.273. The molecule has 1 aromatic rings. The van der Waals surface area contributed by atoms with Crippen molar-refractivity contribution in [2.45, 2.75) is 19.3 Å². The van der Waals surface area contributed by atoms with Crippen molar-refractivity contribution in [3.63, 3.8) is 0 Å². The van der Waals surface area contributed by atoms with Gasteiger partial charge >= 0.3 is 5.69 Å². The lowest BCUT2D eigenvalue weighted by molar-refractivity contribution is -0.385. The molecule has 0 aliphatic carbocycles. The lowest BCUT2D eigenvalue weighted by Crippen LogP contribution is -2.03. The van der Waals surface area contributed by atoms with E-state index >= 15 is 0 Å². The van der Waals surface area contributed by atoms with E-state index in [9.17, 15) is 10.1 Å². The molecule has 106 valence electrons. The number of ether oxygens (including phenoxy) is 2. The van der Waals surface area contributed by atoms with Gasteiger partial charge in [0.2, 0.25) is 0 Å². The fourth-order valence-corrected chi connectivity index (χ4v) is 1.72. The zero-order chi connectivity index (χ0) is 14.1. The number of unbranched alkanes of at least 4 members (excludes halogenated alkanes) is 2. The van der Waals surface area contributed by atoms with Crippen molar-refractivity contribution in [3.8, 4) is 5.75 Å². The van der Waals surface area contributed by atoms with E-state index < -0.39 is 4.92 Å². The first kappa shape index (κ1) is 15.2. The summed E-state index contributed by atoms with van der Waals surface area (Å²) in [5.41, 5.74) is 0.808. The number of nitro benzene ring substituents is 1. The van der Waals surface area contributed by atoms with Gasteiger partial charge in [-0.05, 0) is 25.3 Å². The number of nitrogens with zero attached hydrogens (tertiary/aromatic N) is 1. The standard InChI is InChI=1S/C13H20N2O4/c1-18-9-5-3-4-8-14-11-6-7-12(15(16)17)13(10-11)19-2/h6-7,10,14H,3-5,8-9H2,1-2H3.